The van der Waals surface area contributed by atoms with Crippen molar-refractivity contribution < 1.29 is 0 Å². The second-order valence-electron chi connectivity index (χ2n) is 4.36. The molecule has 0 aliphatic heterocycles. The minimum atomic E-state index is -0.159. The number of rotatable bonds is 2. The van der Waals surface area contributed by atoms with Crippen molar-refractivity contribution in [2.24, 2.45) is 5.73 Å². The van der Waals surface area contributed by atoms with Crippen molar-refractivity contribution in [3.05, 3.63) is 62.5 Å². The van der Waals surface area contributed by atoms with Gasteiger partial charge in [-0.2, -0.15) is 0 Å². The van der Waals surface area contributed by atoms with Gasteiger partial charge in [0.2, 0.25) is 0 Å². The van der Waals surface area contributed by atoms with Gasteiger partial charge in [0.1, 0.15) is 4.99 Å². The lowest BCUT2D eigenvalue weighted by molar-refractivity contribution is 0.960. The van der Waals surface area contributed by atoms with Crippen LogP contribution in [0.25, 0.3) is 5.69 Å². The van der Waals surface area contributed by atoms with E-state index in [4.69, 9.17) is 29.6 Å². The molecule has 19 heavy (non-hydrogen) atoms. The maximum Gasteiger partial charge on any atom is 0.192 e. The first kappa shape index (κ1) is 13.8. The minimum absolute atomic E-state index is 0.102. The molecule has 2 rings (SSSR count). The van der Waals surface area contributed by atoms with Gasteiger partial charge < -0.3 is 10.3 Å². The first-order valence-electron chi connectivity index (χ1n) is 5.70. The van der Waals surface area contributed by atoms with Crippen LogP contribution in [0.4, 0.5) is 0 Å². The van der Waals surface area contributed by atoms with Gasteiger partial charge in [0.25, 0.3) is 0 Å². The van der Waals surface area contributed by atoms with Gasteiger partial charge >= 0.3 is 0 Å². The Labute approximate surface area is 121 Å². The quantitative estimate of drug-likeness (QED) is 0.866. The standard InChI is InChI=1S/C14H13ClN2OS/c1-8-5-10(15)3-4-12(8)17-7-11(14(16)19)13(18)6-9(17)2/h3-7H,1-2H3,(H2,16,19). The fourth-order valence-electron chi connectivity index (χ4n) is 1.97. The number of hydrogen-bond acceptors (Lipinski definition) is 2. The van der Waals surface area contributed by atoms with Crippen LogP contribution in [0.2, 0.25) is 5.02 Å². The summed E-state index contributed by atoms with van der Waals surface area (Å²) in [6.45, 7) is 3.82. The van der Waals surface area contributed by atoms with Crippen LogP contribution in [0.3, 0.4) is 0 Å². The molecule has 2 aromatic rings. The molecule has 1 heterocycles. The van der Waals surface area contributed by atoms with Gasteiger partial charge in [0, 0.05) is 28.7 Å². The van der Waals surface area contributed by atoms with Crippen molar-refractivity contribution in [1.82, 2.24) is 4.57 Å². The Morgan fingerprint density at radius 3 is 2.58 bits per heavy atom. The zero-order valence-corrected chi connectivity index (χ0v) is 12.2. The smallest absolute Gasteiger partial charge is 0.192 e. The number of hydrogen-bond donors (Lipinski definition) is 1. The van der Waals surface area contributed by atoms with Crippen LogP contribution in [0, 0.1) is 13.8 Å². The summed E-state index contributed by atoms with van der Waals surface area (Å²) >= 11 is 10.9. The third-order valence-corrected chi connectivity index (χ3v) is 3.38. The summed E-state index contributed by atoms with van der Waals surface area (Å²) in [5.74, 6) is 0. The molecule has 0 aliphatic carbocycles. The van der Waals surface area contributed by atoms with E-state index in [1.807, 2.05) is 36.6 Å². The summed E-state index contributed by atoms with van der Waals surface area (Å²) in [6, 6.07) is 7.11. The van der Waals surface area contributed by atoms with E-state index >= 15 is 0 Å². The van der Waals surface area contributed by atoms with Crippen LogP contribution < -0.4 is 11.2 Å². The van der Waals surface area contributed by atoms with Crippen molar-refractivity contribution in [3.63, 3.8) is 0 Å². The van der Waals surface area contributed by atoms with E-state index < -0.39 is 0 Å². The summed E-state index contributed by atoms with van der Waals surface area (Å²) in [4.78, 5) is 11.9. The van der Waals surface area contributed by atoms with Gasteiger partial charge in [-0.3, -0.25) is 4.79 Å². The summed E-state index contributed by atoms with van der Waals surface area (Å²) < 4.78 is 1.89. The Hall–Kier alpha value is -1.65. The van der Waals surface area contributed by atoms with Gasteiger partial charge in [-0.15, -0.1) is 0 Å². The molecule has 0 amide bonds. The third kappa shape index (κ3) is 2.69. The molecule has 1 aromatic heterocycles. The van der Waals surface area contributed by atoms with Gasteiger partial charge in [-0.05, 0) is 37.6 Å². The van der Waals surface area contributed by atoms with E-state index in [1.165, 1.54) is 6.07 Å². The van der Waals surface area contributed by atoms with Crippen molar-refractivity contribution >= 4 is 28.8 Å². The first-order valence-corrected chi connectivity index (χ1v) is 6.48. The normalized spacial score (nSPS) is 10.5. The summed E-state index contributed by atoms with van der Waals surface area (Å²) in [6.07, 6.45) is 1.68. The van der Waals surface area contributed by atoms with E-state index in [1.54, 1.807) is 6.20 Å². The van der Waals surface area contributed by atoms with E-state index in [-0.39, 0.29) is 10.4 Å². The van der Waals surface area contributed by atoms with Crippen molar-refractivity contribution in [2.75, 3.05) is 0 Å². The van der Waals surface area contributed by atoms with Crippen LogP contribution in [0.15, 0.2) is 35.3 Å². The molecule has 0 atom stereocenters. The molecular formula is C14H13ClN2OS. The number of aromatic nitrogens is 1. The first-order chi connectivity index (χ1) is 8.90. The fraction of sp³-hybridized carbons (Fsp3) is 0.143. The Bertz CT molecular complexity index is 722. The number of halogens is 1. The van der Waals surface area contributed by atoms with Gasteiger partial charge in [0.15, 0.2) is 5.43 Å². The van der Waals surface area contributed by atoms with Crippen LogP contribution in [0.1, 0.15) is 16.8 Å². The lowest BCUT2D eigenvalue weighted by atomic mass is 10.1. The summed E-state index contributed by atoms with van der Waals surface area (Å²) in [7, 11) is 0. The number of thiocarbonyl (C=S) groups is 1. The molecular weight excluding hydrogens is 280 g/mol. The van der Waals surface area contributed by atoms with Gasteiger partial charge in [-0.1, -0.05) is 23.8 Å². The zero-order chi connectivity index (χ0) is 14.2. The van der Waals surface area contributed by atoms with Gasteiger partial charge in [-0.25, -0.2) is 0 Å². The molecule has 0 unspecified atom stereocenters. The summed E-state index contributed by atoms with van der Waals surface area (Å²) in [5.41, 5.74) is 8.52. The monoisotopic (exact) mass is 292 g/mol. The lowest BCUT2D eigenvalue weighted by Gasteiger charge is -2.15. The maximum absolute atomic E-state index is 11.8. The SMILES string of the molecule is Cc1cc(Cl)ccc1-n1cc(C(N)=S)c(=O)cc1C. The molecule has 2 N–H and O–H groups in total. The molecule has 3 nitrogen and oxygen atoms in total. The molecule has 0 spiro atoms. The number of nitrogens with two attached hydrogens (primary N) is 1. The largest absolute Gasteiger partial charge is 0.389 e. The van der Waals surface area contributed by atoms with Crippen LogP contribution >= 0.6 is 23.8 Å². The highest BCUT2D eigenvalue weighted by Gasteiger charge is 2.09. The van der Waals surface area contributed by atoms with Crippen LogP contribution in [-0.2, 0) is 0 Å². The molecule has 0 saturated carbocycles. The lowest BCUT2D eigenvalue weighted by Crippen LogP contribution is -2.23. The summed E-state index contributed by atoms with van der Waals surface area (Å²) in [5, 5.41) is 0.675. The predicted molar refractivity (Wildman–Crippen MR) is 82.4 cm³/mol. The molecule has 0 aliphatic rings. The fourth-order valence-corrected chi connectivity index (χ4v) is 2.35. The average Bonchev–Trinajstić information content (AvgIpc) is 2.30. The predicted octanol–water partition coefficient (Wildman–Crippen LogP) is 2.74. The van der Waals surface area contributed by atoms with Crippen molar-refractivity contribution in [3.8, 4) is 5.69 Å². The number of aryl methyl sites for hydroxylation is 2. The van der Waals surface area contributed by atoms with Crippen molar-refractivity contribution in [1.29, 1.82) is 0 Å². The minimum Gasteiger partial charge on any atom is -0.389 e. The molecule has 1 aromatic carbocycles. The Morgan fingerprint density at radius 2 is 2.00 bits per heavy atom. The van der Waals surface area contributed by atoms with E-state index in [2.05, 4.69) is 0 Å². The van der Waals surface area contributed by atoms with Crippen LogP contribution in [0.5, 0.6) is 0 Å². The highest BCUT2D eigenvalue weighted by molar-refractivity contribution is 7.80. The Morgan fingerprint density at radius 1 is 1.32 bits per heavy atom. The zero-order valence-electron chi connectivity index (χ0n) is 10.6. The molecule has 98 valence electrons. The third-order valence-electron chi connectivity index (χ3n) is 2.93. The van der Waals surface area contributed by atoms with E-state index in [0.29, 0.717) is 10.6 Å². The maximum atomic E-state index is 11.8. The average molecular weight is 293 g/mol. The Balaban J connectivity index is 2.71. The second-order valence-corrected chi connectivity index (χ2v) is 5.23. The van der Waals surface area contributed by atoms with E-state index in [0.717, 1.165) is 16.9 Å². The van der Waals surface area contributed by atoms with E-state index in [9.17, 15) is 4.79 Å². The molecule has 0 saturated heterocycles. The van der Waals surface area contributed by atoms with Crippen LogP contribution in [-0.4, -0.2) is 9.56 Å². The number of benzene rings is 1. The number of pyridine rings is 1. The molecule has 0 fully saturated rings. The van der Waals surface area contributed by atoms with Gasteiger partial charge in [0.05, 0.1) is 5.56 Å². The topological polar surface area (TPSA) is 48.0 Å². The van der Waals surface area contributed by atoms with Crippen molar-refractivity contribution in [2.45, 2.75) is 13.8 Å². The Kier molecular flexibility index (Phi) is 3.73. The highest BCUT2D eigenvalue weighted by Crippen LogP contribution is 2.20. The second kappa shape index (κ2) is 5.15. The molecule has 5 heteroatoms. The number of nitrogens with zero attached hydrogens (tertiary/aromatic N) is 1. The highest BCUT2D eigenvalue weighted by atomic mass is 35.5. The molecule has 0 bridgehead atoms. The molecule has 0 radical (unpaired) electrons.